The molecular formula is C14H16ClFN2O3. The lowest BCUT2D eigenvalue weighted by Gasteiger charge is -2.29. The Morgan fingerprint density at radius 1 is 1.29 bits per heavy atom. The number of amides is 2. The van der Waals surface area contributed by atoms with Crippen LogP contribution in [0.4, 0.5) is 14.9 Å². The Hall–Kier alpha value is -1.82. The number of hydrogen-bond donors (Lipinski definition) is 3. The van der Waals surface area contributed by atoms with Crippen LogP contribution in [0, 0.1) is 11.7 Å². The zero-order chi connectivity index (χ0) is 15.4. The van der Waals surface area contributed by atoms with E-state index < -0.39 is 29.8 Å². The molecule has 0 spiro atoms. The number of halogens is 2. The first kappa shape index (κ1) is 15.6. The molecule has 0 radical (unpaired) electrons. The number of benzene rings is 1. The van der Waals surface area contributed by atoms with Gasteiger partial charge in [-0.15, -0.1) is 0 Å². The standard InChI is InChI=1S/C14H16ClFN2O3/c15-8-5-6-10(16)12(7-8)18-14(21)17-11-4-2-1-3-9(11)13(19)20/h5-7,9,11H,1-4H2,(H,19,20)(H2,17,18,21). The quantitative estimate of drug-likeness (QED) is 0.801. The van der Waals surface area contributed by atoms with Crippen LogP contribution in [0.25, 0.3) is 0 Å². The van der Waals surface area contributed by atoms with E-state index in [1.165, 1.54) is 12.1 Å². The van der Waals surface area contributed by atoms with Gasteiger partial charge in [0.25, 0.3) is 0 Å². The van der Waals surface area contributed by atoms with Gasteiger partial charge < -0.3 is 15.7 Å². The number of carbonyl (C=O) groups is 2. The molecule has 0 saturated heterocycles. The summed E-state index contributed by atoms with van der Waals surface area (Å²) < 4.78 is 13.5. The lowest BCUT2D eigenvalue weighted by Crippen LogP contribution is -2.46. The molecule has 2 unspecified atom stereocenters. The van der Waals surface area contributed by atoms with Gasteiger partial charge in [-0.2, -0.15) is 0 Å². The van der Waals surface area contributed by atoms with Gasteiger partial charge in [-0.3, -0.25) is 4.79 Å². The second-order valence-corrected chi connectivity index (χ2v) is 5.49. The van der Waals surface area contributed by atoms with E-state index in [4.69, 9.17) is 16.7 Å². The minimum absolute atomic E-state index is 0.0392. The SMILES string of the molecule is O=C(Nc1cc(Cl)ccc1F)NC1CCCCC1C(=O)O. The normalized spacial score (nSPS) is 21.6. The molecule has 0 aromatic heterocycles. The highest BCUT2D eigenvalue weighted by Crippen LogP contribution is 2.25. The van der Waals surface area contributed by atoms with E-state index >= 15 is 0 Å². The molecule has 0 aliphatic heterocycles. The number of anilines is 1. The van der Waals surface area contributed by atoms with E-state index in [1.54, 1.807) is 0 Å². The topological polar surface area (TPSA) is 78.4 Å². The summed E-state index contributed by atoms with van der Waals surface area (Å²) in [5.74, 6) is -2.13. The predicted octanol–water partition coefficient (Wildman–Crippen LogP) is 3.24. The summed E-state index contributed by atoms with van der Waals surface area (Å²) in [6, 6.07) is 2.75. The Balaban J connectivity index is 2.00. The predicted molar refractivity (Wildman–Crippen MR) is 76.9 cm³/mol. The molecule has 1 saturated carbocycles. The summed E-state index contributed by atoms with van der Waals surface area (Å²) in [6.45, 7) is 0. The molecule has 0 bridgehead atoms. The maximum absolute atomic E-state index is 13.5. The fourth-order valence-electron chi connectivity index (χ4n) is 2.52. The van der Waals surface area contributed by atoms with Gasteiger partial charge in [0, 0.05) is 11.1 Å². The maximum atomic E-state index is 13.5. The summed E-state index contributed by atoms with van der Waals surface area (Å²) in [5, 5.41) is 14.4. The third-order valence-corrected chi connectivity index (χ3v) is 3.81. The first-order chi connectivity index (χ1) is 9.97. The molecule has 21 heavy (non-hydrogen) atoms. The van der Waals surface area contributed by atoms with Gasteiger partial charge in [-0.1, -0.05) is 24.4 Å². The fourth-order valence-corrected chi connectivity index (χ4v) is 2.69. The number of carboxylic acid groups (broad SMARTS) is 1. The van der Waals surface area contributed by atoms with Crippen LogP contribution < -0.4 is 10.6 Å². The molecule has 2 amide bonds. The second kappa shape index (κ2) is 6.76. The molecule has 1 aromatic carbocycles. The molecule has 0 heterocycles. The summed E-state index contributed by atoms with van der Waals surface area (Å²) in [6.07, 6.45) is 2.83. The summed E-state index contributed by atoms with van der Waals surface area (Å²) in [5.41, 5.74) is -0.0392. The highest BCUT2D eigenvalue weighted by Gasteiger charge is 2.31. The first-order valence-corrected chi connectivity index (χ1v) is 7.10. The maximum Gasteiger partial charge on any atom is 0.319 e. The van der Waals surface area contributed by atoms with Crippen LogP contribution in [-0.2, 0) is 4.79 Å². The van der Waals surface area contributed by atoms with Crippen LogP contribution in [-0.4, -0.2) is 23.1 Å². The lowest BCUT2D eigenvalue weighted by molar-refractivity contribution is -0.143. The molecule has 1 aliphatic rings. The average Bonchev–Trinajstić information content (AvgIpc) is 2.43. The Morgan fingerprint density at radius 3 is 2.71 bits per heavy atom. The summed E-state index contributed by atoms with van der Waals surface area (Å²) in [4.78, 5) is 23.0. The van der Waals surface area contributed by atoms with Gasteiger partial charge in [-0.05, 0) is 31.0 Å². The van der Waals surface area contributed by atoms with Crippen LogP contribution in [0.1, 0.15) is 25.7 Å². The third kappa shape index (κ3) is 4.07. The lowest BCUT2D eigenvalue weighted by atomic mass is 9.84. The average molecular weight is 315 g/mol. The molecule has 7 heteroatoms. The van der Waals surface area contributed by atoms with Crippen molar-refractivity contribution in [1.82, 2.24) is 5.32 Å². The zero-order valence-corrected chi connectivity index (χ0v) is 12.0. The van der Waals surface area contributed by atoms with Crippen LogP contribution >= 0.6 is 11.6 Å². The van der Waals surface area contributed by atoms with Gasteiger partial charge in [0.1, 0.15) is 5.82 Å². The van der Waals surface area contributed by atoms with Crippen molar-refractivity contribution in [3.8, 4) is 0 Å². The number of hydrogen-bond acceptors (Lipinski definition) is 2. The summed E-state index contributed by atoms with van der Waals surface area (Å²) >= 11 is 5.74. The molecule has 5 nitrogen and oxygen atoms in total. The number of aliphatic carboxylic acids is 1. The van der Waals surface area contributed by atoms with Gasteiger partial charge in [0.2, 0.25) is 0 Å². The molecule has 114 valence electrons. The van der Waals surface area contributed by atoms with Gasteiger partial charge >= 0.3 is 12.0 Å². The van der Waals surface area contributed by atoms with Crippen molar-refractivity contribution in [1.29, 1.82) is 0 Å². The van der Waals surface area contributed by atoms with Crippen molar-refractivity contribution in [3.05, 3.63) is 29.0 Å². The molecule has 1 aromatic rings. The zero-order valence-electron chi connectivity index (χ0n) is 11.2. The highest BCUT2D eigenvalue weighted by atomic mass is 35.5. The number of carbonyl (C=O) groups excluding carboxylic acids is 1. The molecule has 3 N–H and O–H groups in total. The van der Waals surface area contributed by atoms with Crippen molar-refractivity contribution in [2.24, 2.45) is 5.92 Å². The van der Waals surface area contributed by atoms with Crippen LogP contribution in [0.5, 0.6) is 0 Å². The van der Waals surface area contributed by atoms with Crippen LogP contribution in [0.3, 0.4) is 0 Å². The van der Waals surface area contributed by atoms with Crippen molar-refractivity contribution in [3.63, 3.8) is 0 Å². The molecular weight excluding hydrogens is 299 g/mol. The highest BCUT2D eigenvalue weighted by molar-refractivity contribution is 6.30. The monoisotopic (exact) mass is 314 g/mol. The fraction of sp³-hybridized carbons (Fsp3) is 0.429. The Labute approximate surface area is 126 Å². The van der Waals surface area contributed by atoms with Crippen LogP contribution in [0.2, 0.25) is 5.02 Å². The molecule has 2 rings (SSSR count). The Morgan fingerprint density at radius 2 is 2.00 bits per heavy atom. The number of nitrogens with one attached hydrogen (secondary N) is 2. The van der Waals surface area contributed by atoms with Crippen molar-refractivity contribution < 1.29 is 19.1 Å². The van der Waals surface area contributed by atoms with E-state index in [-0.39, 0.29) is 5.69 Å². The smallest absolute Gasteiger partial charge is 0.319 e. The third-order valence-electron chi connectivity index (χ3n) is 3.58. The van der Waals surface area contributed by atoms with Gasteiger partial charge in [0.05, 0.1) is 11.6 Å². The molecule has 2 atom stereocenters. The minimum atomic E-state index is -0.922. The van der Waals surface area contributed by atoms with E-state index in [9.17, 15) is 14.0 Å². The molecule has 1 fully saturated rings. The van der Waals surface area contributed by atoms with E-state index in [2.05, 4.69) is 10.6 Å². The first-order valence-electron chi connectivity index (χ1n) is 6.73. The number of rotatable bonds is 3. The summed E-state index contributed by atoms with van der Waals surface area (Å²) in [7, 11) is 0. The van der Waals surface area contributed by atoms with E-state index in [0.29, 0.717) is 17.9 Å². The van der Waals surface area contributed by atoms with Gasteiger partial charge in [-0.25, -0.2) is 9.18 Å². The number of urea groups is 1. The van der Waals surface area contributed by atoms with Gasteiger partial charge in [0.15, 0.2) is 0 Å². The minimum Gasteiger partial charge on any atom is -0.481 e. The largest absolute Gasteiger partial charge is 0.481 e. The van der Waals surface area contributed by atoms with E-state index in [0.717, 1.165) is 18.9 Å². The molecule has 1 aliphatic carbocycles. The van der Waals surface area contributed by atoms with Crippen molar-refractivity contribution in [2.75, 3.05) is 5.32 Å². The van der Waals surface area contributed by atoms with Crippen molar-refractivity contribution >= 4 is 29.3 Å². The van der Waals surface area contributed by atoms with E-state index in [1.807, 2.05) is 0 Å². The Bertz CT molecular complexity index is 553. The van der Waals surface area contributed by atoms with Crippen molar-refractivity contribution in [2.45, 2.75) is 31.7 Å². The Kier molecular flexibility index (Phi) is 5.01. The number of carboxylic acids is 1. The van der Waals surface area contributed by atoms with Crippen LogP contribution in [0.15, 0.2) is 18.2 Å². The second-order valence-electron chi connectivity index (χ2n) is 5.06.